The van der Waals surface area contributed by atoms with Gasteiger partial charge >= 0.3 is 6.18 Å². The molecule has 1 fully saturated rings. The zero-order valence-electron chi connectivity index (χ0n) is 10.8. The average Bonchev–Trinajstić information content (AvgIpc) is 2.87. The van der Waals surface area contributed by atoms with Crippen molar-refractivity contribution in [2.45, 2.75) is 12.7 Å². The second kappa shape index (κ2) is 5.14. The Morgan fingerprint density at radius 2 is 1.90 bits per heavy atom. The van der Waals surface area contributed by atoms with Gasteiger partial charge in [0.15, 0.2) is 11.5 Å². The molecular formula is C13H15F3N2O2. The number of halogens is 3. The van der Waals surface area contributed by atoms with E-state index in [0.717, 1.165) is 32.2 Å². The summed E-state index contributed by atoms with van der Waals surface area (Å²) >= 11 is 0. The van der Waals surface area contributed by atoms with Crippen molar-refractivity contribution in [3.05, 3.63) is 23.3 Å². The van der Waals surface area contributed by atoms with Crippen LogP contribution in [0.2, 0.25) is 0 Å². The molecule has 0 aliphatic carbocycles. The molecule has 2 aliphatic heterocycles. The van der Waals surface area contributed by atoms with Gasteiger partial charge in [-0.2, -0.15) is 13.2 Å². The van der Waals surface area contributed by atoms with E-state index in [0.29, 0.717) is 5.75 Å². The van der Waals surface area contributed by atoms with Gasteiger partial charge in [0.2, 0.25) is 6.79 Å². The van der Waals surface area contributed by atoms with Crippen molar-refractivity contribution in [3.63, 3.8) is 0 Å². The van der Waals surface area contributed by atoms with Crippen LogP contribution in [0.1, 0.15) is 11.1 Å². The predicted octanol–water partition coefficient (Wildman–Crippen LogP) is 1.84. The zero-order chi connectivity index (χ0) is 14.2. The van der Waals surface area contributed by atoms with E-state index in [1.54, 1.807) is 0 Å². The van der Waals surface area contributed by atoms with E-state index in [-0.39, 0.29) is 24.7 Å². The first-order chi connectivity index (χ1) is 9.55. The number of nitrogens with one attached hydrogen (secondary N) is 1. The number of alkyl halides is 3. The molecule has 0 unspecified atom stereocenters. The minimum Gasteiger partial charge on any atom is -0.454 e. The summed E-state index contributed by atoms with van der Waals surface area (Å²) in [6, 6.07) is 2.40. The van der Waals surface area contributed by atoms with Crippen LogP contribution < -0.4 is 14.8 Å². The van der Waals surface area contributed by atoms with Crippen molar-refractivity contribution >= 4 is 0 Å². The lowest BCUT2D eigenvalue weighted by atomic mass is 10.0. The average molecular weight is 288 g/mol. The Labute approximate surface area is 114 Å². The molecule has 2 aliphatic rings. The van der Waals surface area contributed by atoms with Crippen molar-refractivity contribution in [3.8, 4) is 11.5 Å². The summed E-state index contributed by atoms with van der Waals surface area (Å²) in [5, 5.41) is 3.18. The fraction of sp³-hybridized carbons (Fsp3) is 0.538. The predicted molar refractivity (Wildman–Crippen MR) is 65.7 cm³/mol. The molecule has 2 heterocycles. The molecule has 1 aromatic rings. The highest BCUT2D eigenvalue weighted by atomic mass is 19.4. The van der Waals surface area contributed by atoms with Crippen LogP contribution in [0.4, 0.5) is 13.2 Å². The highest BCUT2D eigenvalue weighted by molar-refractivity contribution is 5.53. The summed E-state index contributed by atoms with van der Waals surface area (Å²) in [5.41, 5.74) is -0.463. The monoisotopic (exact) mass is 288 g/mol. The molecule has 1 aromatic carbocycles. The van der Waals surface area contributed by atoms with Crippen LogP contribution in [0.25, 0.3) is 0 Å². The third-order valence-electron chi connectivity index (χ3n) is 3.54. The van der Waals surface area contributed by atoms with Gasteiger partial charge in [-0.3, -0.25) is 4.90 Å². The van der Waals surface area contributed by atoms with Crippen molar-refractivity contribution < 1.29 is 22.6 Å². The number of hydrogen-bond donors (Lipinski definition) is 1. The highest BCUT2D eigenvalue weighted by Gasteiger charge is 2.37. The van der Waals surface area contributed by atoms with Gasteiger partial charge in [0, 0.05) is 38.3 Å². The third kappa shape index (κ3) is 2.55. The summed E-state index contributed by atoms with van der Waals surface area (Å²) < 4.78 is 49.8. The Balaban J connectivity index is 1.95. The zero-order valence-corrected chi connectivity index (χ0v) is 10.8. The summed E-state index contributed by atoms with van der Waals surface area (Å²) in [6.07, 6.45) is -4.38. The number of benzene rings is 1. The minimum atomic E-state index is -4.38. The topological polar surface area (TPSA) is 33.7 Å². The molecule has 0 saturated carbocycles. The van der Waals surface area contributed by atoms with Crippen molar-refractivity contribution in [1.82, 2.24) is 10.2 Å². The van der Waals surface area contributed by atoms with E-state index in [4.69, 9.17) is 9.47 Å². The van der Waals surface area contributed by atoms with Crippen LogP contribution in [0, 0.1) is 0 Å². The second-order valence-electron chi connectivity index (χ2n) is 4.85. The molecular weight excluding hydrogens is 273 g/mol. The standard InChI is InChI=1S/C13H15F3N2O2/c14-13(15,16)10-1-2-11-12(20-8-19-11)9(10)7-18-5-3-17-4-6-18/h1-2,17H,3-8H2. The smallest absolute Gasteiger partial charge is 0.416 e. The molecule has 0 spiro atoms. The lowest BCUT2D eigenvalue weighted by Crippen LogP contribution is -2.43. The quantitative estimate of drug-likeness (QED) is 0.900. The second-order valence-corrected chi connectivity index (χ2v) is 4.85. The SMILES string of the molecule is FC(F)(F)c1ccc2c(c1CN1CCNCC1)OCO2. The van der Waals surface area contributed by atoms with Gasteiger partial charge in [-0.25, -0.2) is 0 Å². The lowest BCUT2D eigenvalue weighted by Gasteiger charge is -2.28. The minimum absolute atomic E-state index is 0.0226. The highest BCUT2D eigenvalue weighted by Crippen LogP contribution is 2.43. The normalized spacial score (nSPS) is 19.4. The molecule has 0 amide bonds. The Hall–Kier alpha value is -1.47. The lowest BCUT2D eigenvalue weighted by molar-refractivity contribution is -0.138. The number of fused-ring (bicyclic) bond motifs is 1. The van der Waals surface area contributed by atoms with Crippen LogP contribution in [0.5, 0.6) is 11.5 Å². The van der Waals surface area contributed by atoms with E-state index in [1.165, 1.54) is 6.07 Å². The Kier molecular flexibility index (Phi) is 3.47. The maximum atomic E-state index is 13.1. The van der Waals surface area contributed by atoms with E-state index in [1.807, 2.05) is 4.90 Å². The third-order valence-corrected chi connectivity index (χ3v) is 3.54. The van der Waals surface area contributed by atoms with Crippen molar-refractivity contribution in [2.24, 2.45) is 0 Å². The molecule has 0 aromatic heterocycles. The first kappa shape index (κ1) is 13.5. The number of ether oxygens (including phenoxy) is 2. The summed E-state index contributed by atoms with van der Waals surface area (Å²) in [7, 11) is 0. The van der Waals surface area contributed by atoms with Crippen LogP contribution in [0.3, 0.4) is 0 Å². The number of nitrogens with zero attached hydrogens (tertiary/aromatic N) is 1. The molecule has 1 saturated heterocycles. The van der Waals surface area contributed by atoms with Crippen LogP contribution in [-0.2, 0) is 12.7 Å². The fourth-order valence-electron chi connectivity index (χ4n) is 2.55. The molecule has 1 N–H and O–H groups in total. The number of rotatable bonds is 2. The van der Waals surface area contributed by atoms with Crippen molar-refractivity contribution in [1.29, 1.82) is 0 Å². The van der Waals surface area contributed by atoms with Crippen LogP contribution >= 0.6 is 0 Å². The Morgan fingerprint density at radius 1 is 1.15 bits per heavy atom. The van der Waals surface area contributed by atoms with E-state index >= 15 is 0 Å². The number of hydrogen-bond acceptors (Lipinski definition) is 4. The molecule has 110 valence electrons. The van der Waals surface area contributed by atoms with Crippen LogP contribution in [0.15, 0.2) is 12.1 Å². The molecule has 7 heteroatoms. The maximum absolute atomic E-state index is 13.1. The maximum Gasteiger partial charge on any atom is 0.416 e. The molecule has 0 atom stereocenters. The Bertz CT molecular complexity index is 499. The van der Waals surface area contributed by atoms with Gasteiger partial charge in [0.25, 0.3) is 0 Å². The van der Waals surface area contributed by atoms with Gasteiger partial charge < -0.3 is 14.8 Å². The Morgan fingerprint density at radius 3 is 2.60 bits per heavy atom. The molecule has 0 radical (unpaired) electrons. The number of piperazine rings is 1. The van der Waals surface area contributed by atoms with Gasteiger partial charge in [-0.05, 0) is 12.1 Å². The fourth-order valence-corrected chi connectivity index (χ4v) is 2.55. The largest absolute Gasteiger partial charge is 0.454 e. The molecule has 3 rings (SSSR count). The van der Waals surface area contributed by atoms with E-state index in [9.17, 15) is 13.2 Å². The van der Waals surface area contributed by atoms with E-state index < -0.39 is 11.7 Å². The molecule has 0 bridgehead atoms. The summed E-state index contributed by atoms with van der Waals surface area (Å²) in [4.78, 5) is 1.99. The van der Waals surface area contributed by atoms with Crippen molar-refractivity contribution in [2.75, 3.05) is 33.0 Å². The molecule has 20 heavy (non-hydrogen) atoms. The van der Waals surface area contributed by atoms with Gasteiger partial charge in [-0.1, -0.05) is 0 Å². The van der Waals surface area contributed by atoms with Gasteiger partial charge in [0.1, 0.15) is 0 Å². The van der Waals surface area contributed by atoms with E-state index in [2.05, 4.69) is 5.32 Å². The van der Waals surface area contributed by atoms with Gasteiger partial charge in [-0.15, -0.1) is 0 Å². The molecule has 4 nitrogen and oxygen atoms in total. The summed E-state index contributed by atoms with van der Waals surface area (Å²) in [6.45, 7) is 3.22. The first-order valence-corrected chi connectivity index (χ1v) is 6.47. The van der Waals surface area contributed by atoms with Gasteiger partial charge in [0.05, 0.1) is 5.56 Å². The summed E-state index contributed by atoms with van der Waals surface area (Å²) in [5.74, 6) is 0.626. The first-order valence-electron chi connectivity index (χ1n) is 6.47. The van der Waals surface area contributed by atoms with Crippen LogP contribution in [-0.4, -0.2) is 37.9 Å².